The minimum absolute atomic E-state index is 0.168. The van der Waals surface area contributed by atoms with Gasteiger partial charge in [0.25, 0.3) is 0 Å². The molecule has 0 bridgehead atoms. The first-order valence-electron chi connectivity index (χ1n) is 6.11. The number of benzene rings is 1. The van der Waals surface area contributed by atoms with E-state index in [1.807, 2.05) is 0 Å². The van der Waals surface area contributed by atoms with E-state index >= 15 is 0 Å². The maximum absolute atomic E-state index is 13.4. The van der Waals surface area contributed by atoms with Crippen molar-refractivity contribution in [2.75, 3.05) is 17.7 Å². The van der Waals surface area contributed by atoms with Gasteiger partial charge in [0.1, 0.15) is 5.82 Å². The molecular formula is C13H17FN2O2. The van der Waals surface area contributed by atoms with Crippen molar-refractivity contribution in [1.29, 1.82) is 0 Å². The van der Waals surface area contributed by atoms with Gasteiger partial charge in [-0.05, 0) is 37.5 Å². The second kappa shape index (κ2) is 5.82. The average molecular weight is 252 g/mol. The lowest BCUT2D eigenvalue weighted by Gasteiger charge is -2.10. The molecule has 2 rings (SSSR count). The van der Waals surface area contributed by atoms with Gasteiger partial charge >= 0.3 is 0 Å². The highest BCUT2D eigenvalue weighted by Crippen LogP contribution is 2.19. The first-order valence-corrected chi connectivity index (χ1v) is 6.11. The number of hydrogen-bond donors (Lipinski definition) is 2. The minimum Gasteiger partial charge on any atom is -0.399 e. The first-order chi connectivity index (χ1) is 8.65. The van der Waals surface area contributed by atoms with Crippen LogP contribution in [0, 0.1) is 5.82 Å². The number of anilines is 2. The van der Waals surface area contributed by atoms with Crippen LogP contribution in [0.1, 0.15) is 25.7 Å². The van der Waals surface area contributed by atoms with Gasteiger partial charge in [-0.2, -0.15) is 0 Å². The lowest BCUT2D eigenvalue weighted by atomic mass is 10.1. The lowest BCUT2D eigenvalue weighted by molar-refractivity contribution is -0.116. The molecule has 1 aromatic rings. The summed E-state index contributed by atoms with van der Waals surface area (Å²) in [7, 11) is 0. The molecule has 5 heteroatoms. The van der Waals surface area contributed by atoms with E-state index in [4.69, 9.17) is 10.5 Å². The standard InChI is InChI=1S/C13H17FN2O2/c14-11-8-9(15)3-5-12(11)16-13(17)6-4-10-2-1-7-18-10/h3,5,8,10H,1-2,4,6-7,15H2,(H,16,17). The van der Waals surface area contributed by atoms with Crippen molar-refractivity contribution in [2.45, 2.75) is 31.8 Å². The summed E-state index contributed by atoms with van der Waals surface area (Å²) in [5.74, 6) is -0.713. The number of carbonyl (C=O) groups is 1. The molecule has 98 valence electrons. The molecule has 4 nitrogen and oxygen atoms in total. The summed E-state index contributed by atoms with van der Waals surface area (Å²) in [6.07, 6.45) is 3.26. The zero-order valence-electron chi connectivity index (χ0n) is 10.1. The topological polar surface area (TPSA) is 64.3 Å². The van der Waals surface area contributed by atoms with Crippen LogP contribution >= 0.6 is 0 Å². The third-order valence-corrected chi connectivity index (χ3v) is 2.98. The van der Waals surface area contributed by atoms with Gasteiger partial charge in [-0.25, -0.2) is 4.39 Å². The van der Waals surface area contributed by atoms with Gasteiger partial charge in [-0.15, -0.1) is 0 Å². The Balaban J connectivity index is 1.82. The molecule has 1 aliphatic rings. The molecule has 3 N–H and O–H groups in total. The third-order valence-electron chi connectivity index (χ3n) is 2.98. The number of nitrogen functional groups attached to an aromatic ring is 1. The first kappa shape index (κ1) is 12.8. The summed E-state index contributed by atoms with van der Waals surface area (Å²) in [4.78, 5) is 11.6. The van der Waals surface area contributed by atoms with E-state index < -0.39 is 5.82 Å². The second-order valence-electron chi connectivity index (χ2n) is 4.46. The number of rotatable bonds is 4. The van der Waals surface area contributed by atoms with Crippen LogP contribution in [0.4, 0.5) is 15.8 Å². The minimum atomic E-state index is -0.513. The van der Waals surface area contributed by atoms with Crippen LogP contribution in [0.5, 0.6) is 0 Å². The summed E-state index contributed by atoms with van der Waals surface area (Å²) in [6.45, 7) is 0.777. The van der Waals surface area contributed by atoms with Crippen molar-refractivity contribution in [3.63, 3.8) is 0 Å². The van der Waals surface area contributed by atoms with E-state index in [2.05, 4.69) is 5.32 Å². The van der Waals surface area contributed by atoms with Gasteiger partial charge in [0.2, 0.25) is 5.91 Å². The number of ether oxygens (including phenoxy) is 1. The molecule has 1 saturated heterocycles. The Kier molecular flexibility index (Phi) is 4.15. The van der Waals surface area contributed by atoms with Crippen molar-refractivity contribution < 1.29 is 13.9 Å². The Labute approximate surface area is 105 Å². The quantitative estimate of drug-likeness (QED) is 0.808. The van der Waals surface area contributed by atoms with Crippen LogP contribution < -0.4 is 11.1 Å². The Morgan fingerprint density at radius 1 is 1.56 bits per heavy atom. The number of amides is 1. The van der Waals surface area contributed by atoms with Crippen molar-refractivity contribution in [3.8, 4) is 0 Å². The highest BCUT2D eigenvalue weighted by molar-refractivity contribution is 5.91. The van der Waals surface area contributed by atoms with Gasteiger partial charge in [-0.1, -0.05) is 0 Å². The Morgan fingerprint density at radius 2 is 2.39 bits per heavy atom. The largest absolute Gasteiger partial charge is 0.399 e. The molecular weight excluding hydrogens is 235 g/mol. The fraction of sp³-hybridized carbons (Fsp3) is 0.462. The fourth-order valence-corrected chi connectivity index (χ4v) is 2.01. The fourth-order valence-electron chi connectivity index (χ4n) is 2.01. The average Bonchev–Trinajstić information content (AvgIpc) is 2.83. The SMILES string of the molecule is Nc1ccc(NC(=O)CCC2CCCO2)c(F)c1. The molecule has 1 aliphatic heterocycles. The molecule has 1 fully saturated rings. The summed E-state index contributed by atoms with van der Waals surface area (Å²) in [6, 6.07) is 4.21. The predicted octanol–water partition coefficient (Wildman–Crippen LogP) is 2.31. The Morgan fingerprint density at radius 3 is 3.06 bits per heavy atom. The number of nitrogens with two attached hydrogens (primary N) is 1. The van der Waals surface area contributed by atoms with Crippen molar-refractivity contribution >= 4 is 17.3 Å². The van der Waals surface area contributed by atoms with Gasteiger partial charge in [-0.3, -0.25) is 4.79 Å². The van der Waals surface area contributed by atoms with Crippen molar-refractivity contribution in [1.82, 2.24) is 0 Å². The second-order valence-corrected chi connectivity index (χ2v) is 4.46. The number of hydrogen-bond acceptors (Lipinski definition) is 3. The van der Waals surface area contributed by atoms with E-state index in [9.17, 15) is 9.18 Å². The molecule has 1 unspecified atom stereocenters. The van der Waals surface area contributed by atoms with Crippen LogP contribution in [-0.4, -0.2) is 18.6 Å². The molecule has 0 aliphatic carbocycles. The number of halogens is 1. The zero-order chi connectivity index (χ0) is 13.0. The maximum atomic E-state index is 13.4. The van der Waals surface area contributed by atoms with E-state index in [0.717, 1.165) is 19.4 Å². The predicted molar refractivity (Wildman–Crippen MR) is 67.7 cm³/mol. The van der Waals surface area contributed by atoms with Crippen LogP contribution in [0.25, 0.3) is 0 Å². The van der Waals surface area contributed by atoms with Crippen LogP contribution in [-0.2, 0) is 9.53 Å². The van der Waals surface area contributed by atoms with E-state index in [1.54, 1.807) is 6.07 Å². The maximum Gasteiger partial charge on any atom is 0.224 e. The van der Waals surface area contributed by atoms with E-state index in [0.29, 0.717) is 18.5 Å². The van der Waals surface area contributed by atoms with Crippen LogP contribution in [0.15, 0.2) is 18.2 Å². The normalized spacial score (nSPS) is 18.8. The van der Waals surface area contributed by atoms with E-state index in [-0.39, 0.29) is 17.7 Å². The lowest BCUT2D eigenvalue weighted by Crippen LogP contribution is -2.16. The van der Waals surface area contributed by atoms with E-state index in [1.165, 1.54) is 12.1 Å². The third kappa shape index (κ3) is 3.43. The van der Waals surface area contributed by atoms with Gasteiger partial charge < -0.3 is 15.8 Å². The van der Waals surface area contributed by atoms with Crippen molar-refractivity contribution in [2.24, 2.45) is 0 Å². The monoisotopic (exact) mass is 252 g/mol. The molecule has 0 radical (unpaired) electrons. The van der Waals surface area contributed by atoms with Gasteiger partial charge in [0, 0.05) is 18.7 Å². The summed E-state index contributed by atoms with van der Waals surface area (Å²) in [5.41, 5.74) is 5.94. The summed E-state index contributed by atoms with van der Waals surface area (Å²) in [5, 5.41) is 2.54. The number of nitrogens with one attached hydrogen (secondary N) is 1. The molecule has 0 saturated carbocycles. The molecule has 1 atom stereocenters. The van der Waals surface area contributed by atoms with Crippen molar-refractivity contribution in [3.05, 3.63) is 24.0 Å². The highest BCUT2D eigenvalue weighted by Gasteiger charge is 2.17. The van der Waals surface area contributed by atoms with Gasteiger partial charge in [0.05, 0.1) is 11.8 Å². The Hall–Kier alpha value is -1.62. The summed E-state index contributed by atoms with van der Waals surface area (Å²) < 4.78 is 18.9. The molecule has 0 spiro atoms. The molecule has 0 aromatic heterocycles. The highest BCUT2D eigenvalue weighted by atomic mass is 19.1. The smallest absolute Gasteiger partial charge is 0.224 e. The number of carbonyl (C=O) groups excluding carboxylic acids is 1. The zero-order valence-corrected chi connectivity index (χ0v) is 10.1. The summed E-state index contributed by atoms with van der Waals surface area (Å²) >= 11 is 0. The molecule has 1 amide bonds. The van der Waals surface area contributed by atoms with Crippen LogP contribution in [0.2, 0.25) is 0 Å². The molecule has 1 heterocycles. The van der Waals surface area contributed by atoms with Gasteiger partial charge in [0.15, 0.2) is 0 Å². The van der Waals surface area contributed by atoms with Crippen LogP contribution in [0.3, 0.4) is 0 Å². The Bertz CT molecular complexity index is 431. The molecule has 18 heavy (non-hydrogen) atoms. The molecule has 1 aromatic carbocycles.